The van der Waals surface area contributed by atoms with Crippen LogP contribution in [-0.4, -0.2) is 19.9 Å². The average molecular weight is 351 g/mol. The van der Waals surface area contributed by atoms with Gasteiger partial charge in [-0.2, -0.15) is 0 Å². The number of nitrogens with zero attached hydrogens (tertiary/aromatic N) is 1. The van der Waals surface area contributed by atoms with Crippen LogP contribution in [0.3, 0.4) is 0 Å². The number of aryl methyl sites for hydroxylation is 1. The number of halogens is 1. The van der Waals surface area contributed by atoms with Crippen molar-refractivity contribution in [2.24, 2.45) is 0 Å². The van der Waals surface area contributed by atoms with Gasteiger partial charge in [-0.05, 0) is 43.5 Å². The van der Waals surface area contributed by atoms with Crippen LogP contribution in [0.2, 0.25) is 5.02 Å². The molecule has 2 rings (SSSR count). The van der Waals surface area contributed by atoms with E-state index in [1.165, 1.54) is 11.6 Å². The van der Waals surface area contributed by atoms with Crippen LogP contribution in [0, 0.1) is 0 Å². The molecule has 0 saturated carbocycles. The zero-order valence-corrected chi connectivity index (χ0v) is 14.2. The molecule has 1 aromatic heterocycles. The number of sulfone groups is 1. The minimum atomic E-state index is -3.37. The Bertz CT molecular complexity index is 746. The van der Waals surface area contributed by atoms with E-state index < -0.39 is 9.84 Å². The molecule has 0 aliphatic heterocycles. The monoisotopic (exact) mass is 350 g/mol. The highest BCUT2D eigenvalue weighted by atomic mass is 35.5. The second-order valence-corrected chi connectivity index (χ2v) is 7.24. The van der Waals surface area contributed by atoms with Crippen molar-refractivity contribution in [1.29, 1.82) is 0 Å². The minimum absolute atomic E-state index is 0.294. The molecule has 0 aliphatic carbocycles. The summed E-state index contributed by atoms with van der Waals surface area (Å²) >= 11 is 6.04. The van der Waals surface area contributed by atoms with Gasteiger partial charge in [-0.25, -0.2) is 8.42 Å². The number of hydrogen-bond acceptors (Lipinski definition) is 4. The summed E-state index contributed by atoms with van der Waals surface area (Å²) in [5, 5.41) is 4.88. The van der Waals surface area contributed by atoms with Crippen LogP contribution in [0.1, 0.15) is 18.5 Å². The van der Waals surface area contributed by atoms with Gasteiger partial charge in [0.15, 0.2) is 0 Å². The van der Waals surface area contributed by atoms with Crippen molar-refractivity contribution in [2.75, 3.05) is 6.54 Å². The van der Waals surface area contributed by atoms with Crippen LogP contribution >= 0.6 is 11.6 Å². The van der Waals surface area contributed by atoms with E-state index in [-0.39, 0.29) is 0 Å². The Hall–Kier alpha value is -1.85. The Labute approximate surface area is 142 Å². The van der Waals surface area contributed by atoms with E-state index >= 15 is 0 Å². The average Bonchev–Trinajstić information content (AvgIpc) is 2.56. The Kier molecular flexibility index (Phi) is 6.62. The van der Waals surface area contributed by atoms with E-state index in [0.717, 1.165) is 25.0 Å². The van der Waals surface area contributed by atoms with Gasteiger partial charge in [0.2, 0.25) is 9.84 Å². The third kappa shape index (κ3) is 5.69. The molecule has 0 amide bonds. The van der Waals surface area contributed by atoms with Crippen molar-refractivity contribution < 1.29 is 8.42 Å². The lowest BCUT2D eigenvalue weighted by molar-refractivity contribution is 0.604. The molecule has 4 nitrogen and oxygen atoms in total. The quantitative estimate of drug-likeness (QED) is 0.739. The second kappa shape index (κ2) is 8.70. The maximum absolute atomic E-state index is 12.0. The zero-order chi connectivity index (χ0) is 16.5. The van der Waals surface area contributed by atoms with Gasteiger partial charge < -0.3 is 5.32 Å². The van der Waals surface area contributed by atoms with Crippen molar-refractivity contribution in [2.45, 2.75) is 24.2 Å². The summed E-state index contributed by atoms with van der Waals surface area (Å²) < 4.78 is 24.0. The second-order valence-electron chi connectivity index (χ2n) is 5.00. The molecule has 0 fully saturated rings. The molecule has 0 atom stereocenters. The van der Waals surface area contributed by atoms with Gasteiger partial charge in [0.25, 0.3) is 0 Å². The first-order valence-electron chi connectivity index (χ1n) is 7.39. The fourth-order valence-electron chi connectivity index (χ4n) is 2.03. The van der Waals surface area contributed by atoms with Crippen LogP contribution in [0.15, 0.2) is 65.2 Å². The lowest BCUT2D eigenvalue weighted by atomic mass is 10.2. The first-order valence-corrected chi connectivity index (χ1v) is 9.31. The third-order valence-corrected chi connectivity index (χ3v) is 5.02. The van der Waals surface area contributed by atoms with Gasteiger partial charge in [0.05, 0.1) is 21.0 Å². The molecule has 0 radical (unpaired) electrons. The van der Waals surface area contributed by atoms with Crippen molar-refractivity contribution >= 4 is 21.4 Å². The van der Waals surface area contributed by atoms with E-state index in [4.69, 9.17) is 11.6 Å². The van der Waals surface area contributed by atoms with Crippen molar-refractivity contribution in [3.05, 3.63) is 71.0 Å². The predicted molar refractivity (Wildman–Crippen MR) is 93.0 cm³/mol. The molecule has 2 aromatic rings. The Morgan fingerprint density at radius 2 is 1.87 bits per heavy atom. The number of unbranched alkanes of at least 4 members (excludes halogenated alkanes) is 1. The molecule has 1 heterocycles. The third-order valence-electron chi connectivity index (χ3n) is 3.26. The van der Waals surface area contributed by atoms with Crippen LogP contribution in [-0.2, 0) is 16.3 Å². The Morgan fingerprint density at radius 1 is 1.09 bits per heavy atom. The largest absolute Gasteiger partial charge is 0.390 e. The normalized spacial score (nSPS) is 11.7. The predicted octanol–water partition coefficient (Wildman–Crippen LogP) is 3.59. The van der Waals surface area contributed by atoms with Crippen molar-refractivity contribution in [3.8, 4) is 0 Å². The zero-order valence-electron chi connectivity index (χ0n) is 12.7. The fourth-order valence-corrected chi connectivity index (χ4v) is 3.22. The topological polar surface area (TPSA) is 59.1 Å². The summed E-state index contributed by atoms with van der Waals surface area (Å²) in [6, 6.07) is 12.0. The summed E-state index contributed by atoms with van der Waals surface area (Å²) in [5.74, 6) is 0. The molecular formula is C17H19ClN2O2S. The number of aromatic nitrogens is 1. The fraction of sp³-hybridized carbons (Fsp3) is 0.235. The molecule has 1 aromatic carbocycles. The summed E-state index contributed by atoms with van der Waals surface area (Å²) in [5.41, 5.74) is 0.899. The smallest absolute Gasteiger partial charge is 0.201 e. The van der Waals surface area contributed by atoms with Gasteiger partial charge in [0, 0.05) is 18.9 Å². The van der Waals surface area contributed by atoms with Gasteiger partial charge in [-0.3, -0.25) is 4.98 Å². The SMILES string of the molecule is O=S(=O)(C=CNCCCCc1ncccc1Cl)c1ccccc1. The van der Waals surface area contributed by atoms with Crippen LogP contribution in [0.4, 0.5) is 0 Å². The molecule has 1 N–H and O–H groups in total. The Morgan fingerprint density at radius 3 is 2.61 bits per heavy atom. The van der Waals surface area contributed by atoms with E-state index in [0.29, 0.717) is 16.5 Å². The van der Waals surface area contributed by atoms with Crippen molar-refractivity contribution in [3.63, 3.8) is 0 Å². The number of hydrogen-bond donors (Lipinski definition) is 1. The number of nitrogens with one attached hydrogen (secondary N) is 1. The molecule has 0 saturated heterocycles. The van der Waals surface area contributed by atoms with E-state index in [1.807, 2.05) is 12.1 Å². The lowest BCUT2D eigenvalue weighted by Gasteiger charge is -2.03. The first-order chi connectivity index (χ1) is 11.1. The molecule has 23 heavy (non-hydrogen) atoms. The van der Waals surface area contributed by atoms with E-state index in [9.17, 15) is 8.42 Å². The molecule has 0 aliphatic rings. The highest BCUT2D eigenvalue weighted by Gasteiger charge is 2.08. The summed E-state index contributed by atoms with van der Waals surface area (Å²) in [6.45, 7) is 0.700. The summed E-state index contributed by atoms with van der Waals surface area (Å²) in [4.78, 5) is 4.53. The van der Waals surface area contributed by atoms with Crippen LogP contribution in [0.25, 0.3) is 0 Å². The molecule has 122 valence electrons. The van der Waals surface area contributed by atoms with Crippen LogP contribution in [0.5, 0.6) is 0 Å². The molecule has 0 unspecified atom stereocenters. The maximum atomic E-state index is 12.0. The Balaban J connectivity index is 1.70. The summed E-state index contributed by atoms with van der Waals surface area (Å²) in [7, 11) is -3.37. The van der Waals surface area contributed by atoms with Gasteiger partial charge in [-0.15, -0.1) is 0 Å². The lowest BCUT2D eigenvalue weighted by Crippen LogP contribution is -2.08. The van der Waals surface area contributed by atoms with E-state index in [2.05, 4.69) is 10.3 Å². The van der Waals surface area contributed by atoms with E-state index in [1.54, 1.807) is 36.5 Å². The summed E-state index contributed by atoms with van der Waals surface area (Å²) in [6.07, 6.45) is 5.87. The number of benzene rings is 1. The van der Waals surface area contributed by atoms with Gasteiger partial charge in [-0.1, -0.05) is 29.8 Å². The minimum Gasteiger partial charge on any atom is -0.390 e. The standard InChI is InChI=1S/C17H19ClN2O2S/c18-16-9-6-12-20-17(16)10-4-5-11-19-13-14-23(21,22)15-7-2-1-3-8-15/h1-3,6-9,12-14,19H,4-5,10-11H2. The van der Waals surface area contributed by atoms with Crippen LogP contribution < -0.4 is 5.32 Å². The van der Waals surface area contributed by atoms with Gasteiger partial charge >= 0.3 is 0 Å². The number of rotatable bonds is 8. The molecule has 0 bridgehead atoms. The van der Waals surface area contributed by atoms with Crippen molar-refractivity contribution in [1.82, 2.24) is 10.3 Å². The first kappa shape index (κ1) is 17.5. The number of pyridine rings is 1. The maximum Gasteiger partial charge on any atom is 0.201 e. The molecule has 6 heteroatoms. The molecule has 0 spiro atoms. The van der Waals surface area contributed by atoms with Gasteiger partial charge in [0.1, 0.15) is 0 Å². The highest BCUT2D eigenvalue weighted by Crippen LogP contribution is 2.14. The molecular weight excluding hydrogens is 332 g/mol. The highest BCUT2D eigenvalue weighted by molar-refractivity contribution is 7.94.